The molecule has 2 amide bonds. The van der Waals surface area contributed by atoms with E-state index >= 15 is 0 Å². The first-order chi connectivity index (χ1) is 14.0. The van der Waals surface area contributed by atoms with Gasteiger partial charge in [-0.25, -0.2) is 9.07 Å². The number of nitrogens with zero attached hydrogens (tertiary/aromatic N) is 3. The number of likely N-dealkylation sites (tertiary alicyclic amines) is 1. The van der Waals surface area contributed by atoms with Gasteiger partial charge in [-0.3, -0.25) is 9.59 Å². The molecule has 8 heteroatoms. The van der Waals surface area contributed by atoms with Crippen LogP contribution in [0, 0.1) is 18.7 Å². The first kappa shape index (κ1) is 19.3. The number of rotatable bonds is 4. The molecule has 0 bridgehead atoms. The first-order valence-electron chi connectivity index (χ1n) is 9.48. The van der Waals surface area contributed by atoms with Crippen LogP contribution in [0.5, 0.6) is 0 Å². The van der Waals surface area contributed by atoms with Crippen LogP contribution in [0.2, 0.25) is 0 Å². The molecule has 1 saturated heterocycles. The van der Waals surface area contributed by atoms with Crippen LogP contribution in [0.1, 0.15) is 28.2 Å². The van der Waals surface area contributed by atoms with Gasteiger partial charge in [-0.1, -0.05) is 18.2 Å². The molecule has 2 aromatic heterocycles. The molecule has 1 fully saturated rings. The fourth-order valence-corrected chi connectivity index (χ4v) is 4.22. The van der Waals surface area contributed by atoms with Gasteiger partial charge in [0.2, 0.25) is 5.91 Å². The summed E-state index contributed by atoms with van der Waals surface area (Å²) in [6.07, 6.45) is 1.19. The number of carbonyl (C=O) groups is 2. The van der Waals surface area contributed by atoms with Crippen molar-refractivity contribution in [1.29, 1.82) is 0 Å². The third kappa shape index (κ3) is 4.07. The van der Waals surface area contributed by atoms with Gasteiger partial charge in [0.25, 0.3) is 5.91 Å². The van der Waals surface area contributed by atoms with Crippen LogP contribution in [0.3, 0.4) is 0 Å². The van der Waals surface area contributed by atoms with E-state index < -0.39 is 5.82 Å². The van der Waals surface area contributed by atoms with Gasteiger partial charge in [-0.05, 0) is 43.3 Å². The highest BCUT2D eigenvalue weighted by Gasteiger charge is 2.29. The third-order valence-electron chi connectivity index (χ3n) is 5.05. The van der Waals surface area contributed by atoms with Crippen molar-refractivity contribution in [3.63, 3.8) is 0 Å². The maximum Gasteiger partial charge on any atom is 0.263 e. The summed E-state index contributed by atoms with van der Waals surface area (Å²) in [4.78, 5) is 27.8. The van der Waals surface area contributed by atoms with E-state index in [1.54, 1.807) is 36.1 Å². The van der Waals surface area contributed by atoms with Gasteiger partial charge in [-0.2, -0.15) is 5.10 Å². The Labute approximate surface area is 172 Å². The molecule has 0 saturated carbocycles. The van der Waals surface area contributed by atoms with Crippen LogP contribution in [0.25, 0.3) is 5.69 Å². The minimum Gasteiger partial charge on any atom is -0.338 e. The van der Waals surface area contributed by atoms with Crippen LogP contribution < -0.4 is 5.32 Å². The zero-order valence-electron chi connectivity index (χ0n) is 16.0. The predicted molar refractivity (Wildman–Crippen MR) is 110 cm³/mol. The molecule has 3 aromatic rings. The number of aromatic nitrogens is 2. The molecule has 0 atom stereocenters. The second-order valence-electron chi connectivity index (χ2n) is 7.07. The number of thiophene rings is 1. The van der Waals surface area contributed by atoms with Gasteiger partial charge < -0.3 is 10.2 Å². The molecule has 29 heavy (non-hydrogen) atoms. The lowest BCUT2D eigenvalue weighted by molar-refractivity contribution is -0.121. The summed E-state index contributed by atoms with van der Waals surface area (Å²) in [6.45, 7) is 2.88. The average Bonchev–Trinajstić information content (AvgIpc) is 3.38. The first-order valence-corrected chi connectivity index (χ1v) is 10.4. The molecule has 0 radical (unpaired) electrons. The maximum absolute atomic E-state index is 14.2. The lowest BCUT2D eigenvalue weighted by Gasteiger charge is -2.31. The molecule has 3 heterocycles. The quantitative estimate of drug-likeness (QED) is 0.707. The summed E-state index contributed by atoms with van der Waals surface area (Å²) >= 11 is 1.43. The summed E-state index contributed by atoms with van der Waals surface area (Å²) < 4.78 is 15.6. The zero-order valence-corrected chi connectivity index (χ0v) is 16.8. The number of halogens is 1. The summed E-state index contributed by atoms with van der Waals surface area (Å²) in [5.74, 6) is -0.286. The number of aryl methyl sites for hydroxylation is 1. The Morgan fingerprint density at radius 3 is 2.62 bits per heavy atom. The van der Waals surface area contributed by atoms with Crippen molar-refractivity contribution >= 4 is 29.0 Å². The van der Waals surface area contributed by atoms with Gasteiger partial charge in [0, 0.05) is 25.1 Å². The van der Waals surface area contributed by atoms with E-state index in [4.69, 9.17) is 0 Å². The number of hydrogen-bond donors (Lipinski definition) is 1. The number of hydrogen-bond acceptors (Lipinski definition) is 4. The van der Waals surface area contributed by atoms with E-state index in [-0.39, 0.29) is 23.4 Å². The van der Waals surface area contributed by atoms with Crippen molar-refractivity contribution in [3.05, 3.63) is 64.2 Å². The topological polar surface area (TPSA) is 67.2 Å². The fourth-order valence-electron chi connectivity index (χ4n) is 3.52. The Hall–Kier alpha value is -3.00. The molecule has 150 valence electrons. The van der Waals surface area contributed by atoms with Crippen LogP contribution in [0.15, 0.2) is 47.8 Å². The number of nitrogens with one attached hydrogen (secondary N) is 1. The third-order valence-corrected chi connectivity index (χ3v) is 5.91. The molecule has 0 aliphatic carbocycles. The van der Waals surface area contributed by atoms with E-state index in [2.05, 4.69) is 10.4 Å². The molecule has 1 aromatic carbocycles. The van der Waals surface area contributed by atoms with Crippen LogP contribution >= 0.6 is 11.3 Å². The van der Waals surface area contributed by atoms with Gasteiger partial charge in [-0.15, -0.1) is 11.3 Å². The van der Waals surface area contributed by atoms with Gasteiger partial charge in [0.05, 0.1) is 10.6 Å². The van der Waals surface area contributed by atoms with Crippen molar-refractivity contribution in [3.8, 4) is 5.69 Å². The highest BCUT2D eigenvalue weighted by Crippen LogP contribution is 2.24. The van der Waals surface area contributed by atoms with E-state index in [9.17, 15) is 14.0 Å². The van der Waals surface area contributed by atoms with E-state index in [0.29, 0.717) is 37.4 Å². The van der Waals surface area contributed by atoms with Crippen molar-refractivity contribution in [2.24, 2.45) is 5.92 Å². The van der Waals surface area contributed by atoms with Crippen LogP contribution in [0.4, 0.5) is 10.2 Å². The Kier molecular flexibility index (Phi) is 5.44. The van der Waals surface area contributed by atoms with Crippen molar-refractivity contribution < 1.29 is 14.0 Å². The molecule has 6 nitrogen and oxygen atoms in total. The minimum atomic E-state index is -0.411. The van der Waals surface area contributed by atoms with Crippen molar-refractivity contribution in [2.45, 2.75) is 19.8 Å². The van der Waals surface area contributed by atoms with Crippen LogP contribution in [-0.4, -0.2) is 39.6 Å². The average molecular weight is 412 g/mol. The largest absolute Gasteiger partial charge is 0.338 e. The Morgan fingerprint density at radius 1 is 1.17 bits per heavy atom. The molecule has 0 unspecified atom stereocenters. The molecule has 1 aliphatic heterocycles. The molecular formula is C21H21FN4O2S. The lowest BCUT2D eigenvalue weighted by Crippen LogP contribution is -2.41. The summed E-state index contributed by atoms with van der Waals surface area (Å²) in [7, 11) is 0. The van der Waals surface area contributed by atoms with Gasteiger partial charge in [0.1, 0.15) is 17.3 Å². The molecule has 1 N–H and O–H groups in total. The normalized spacial score (nSPS) is 14.8. The van der Waals surface area contributed by atoms with Gasteiger partial charge in [0.15, 0.2) is 0 Å². The fraction of sp³-hybridized carbons (Fsp3) is 0.286. The second kappa shape index (κ2) is 8.16. The van der Waals surface area contributed by atoms with Crippen molar-refractivity contribution in [2.75, 3.05) is 18.4 Å². The Balaban J connectivity index is 1.42. The number of piperidine rings is 1. The Bertz CT molecular complexity index is 1020. The Morgan fingerprint density at radius 2 is 1.93 bits per heavy atom. The standard InChI is InChI=1S/C21H21FN4O2S/c1-14-13-19(26(24-14)17-6-3-2-5-16(17)22)23-20(27)15-8-10-25(11-9-15)21(28)18-7-4-12-29-18/h2-7,12-13,15H,8-11H2,1H3,(H,23,27). The van der Waals surface area contributed by atoms with E-state index in [0.717, 1.165) is 4.88 Å². The number of para-hydroxylation sites is 1. The SMILES string of the molecule is Cc1cc(NC(=O)C2CCN(C(=O)c3cccs3)CC2)n(-c2ccccc2F)n1. The number of anilines is 1. The molecule has 1 aliphatic rings. The number of benzene rings is 1. The van der Waals surface area contributed by atoms with Crippen molar-refractivity contribution in [1.82, 2.24) is 14.7 Å². The van der Waals surface area contributed by atoms with Crippen LogP contribution in [-0.2, 0) is 4.79 Å². The highest BCUT2D eigenvalue weighted by molar-refractivity contribution is 7.12. The summed E-state index contributed by atoms with van der Waals surface area (Å²) in [5.41, 5.74) is 0.965. The molecular weight excluding hydrogens is 391 g/mol. The zero-order chi connectivity index (χ0) is 20.4. The number of amides is 2. The smallest absolute Gasteiger partial charge is 0.263 e. The molecule has 4 rings (SSSR count). The van der Waals surface area contributed by atoms with E-state index in [1.807, 2.05) is 17.5 Å². The molecule has 0 spiro atoms. The highest BCUT2D eigenvalue weighted by atomic mass is 32.1. The van der Waals surface area contributed by atoms with Gasteiger partial charge >= 0.3 is 0 Å². The second-order valence-corrected chi connectivity index (χ2v) is 8.01. The maximum atomic E-state index is 14.2. The monoisotopic (exact) mass is 412 g/mol. The summed E-state index contributed by atoms with van der Waals surface area (Å²) in [6, 6.07) is 11.7. The van der Waals surface area contributed by atoms with E-state index in [1.165, 1.54) is 22.1 Å². The predicted octanol–water partition coefficient (Wildman–Crippen LogP) is 3.87. The number of carbonyl (C=O) groups excluding carboxylic acids is 2. The summed E-state index contributed by atoms with van der Waals surface area (Å²) in [5, 5.41) is 9.09. The lowest BCUT2D eigenvalue weighted by atomic mass is 9.96. The minimum absolute atomic E-state index is 0.0205.